The van der Waals surface area contributed by atoms with Crippen molar-refractivity contribution in [2.75, 3.05) is 26.7 Å². The van der Waals surface area contributed by atoms with E-state index in [1.807, 2.05) is 50.2 Å². The van der Waals surface area contributed by atoms with Crippen molar-refractivity contribution < 1.29 is 9.59 Å². The molecule has 1 aromatic carbocycles. The van der Waals surface area contributed by atoms with Crippen molar-refractivity contribution in [2.24, 2.45) is 5.92 Å². The Morgan fingerprint density at radius 2 is 1.74 bits per heavy atom. The van der Waals surface area contributed by atoms with Crippen molar-refractivity contribution >= 4 is 23.4 Å². The molecule has 3 rings (SSSR count). The highest BCUT2D eigenvalue weighted by atomic mass is 35.5. The lowest BCUT2D eigenvalue weighted by molar-refractivity contribution is -0.140. The van der Waals surface area contributed by atoms with Gasteiger partial charge in [-0.1, -0.05) is 56.8 Å². The van der Waals surface area contributed by atoms with Crippen molar-refractivity contribution in [3.05, 3.63) is 34.9 Å². The molecule has 0 bridgehead atoms. The van der Waals surface area contributed by atoms with E-state index in [1.54, 1.807) is 0 Å². The van der Waals surface area contributed by atoms with Gasteiger partial charge in [0.25, 0.3) is 5.91 Å². The topological polar surface area (TPSA) is 76.7 Å². The first-order chi connectivity index (χ1) is 16.8. The van der Waals surface area contributed by atoms with Gasteiger partial charge in [-0.05, 0) is 57.4 Å². The van der Waals surface area contributed by atoms with Crippen LogP contribution in [0.1, 0.15) is 64.9 Å². The Morgan fingerprint density at radius 1 is 1.06 bits per heavy atom. The highest BCUT2D eigenvalue weighted by molar-refractivity contribution is 6.30. The number of nitrogens with one attached hydrogen (secondary N) is 3. The number of nitrogens with zero attached hydrogens (tertiary/aromatic N) is 2. The van der Waals surface area contributed by atoms with Crippen LogP contribution in [0.5, 0.6) is 0 Å². The molecular formula is C27H44ClN5O2. The van der Waals surface area contributed by atoms with Gasteiger partial charge < -0.3 is 15.5 Å². The molecule has 1 aliphatic heterocycles. The molecule has 0 spiro atoms. The van der Waals surface area contributed by atoms with Crippen LogP contribution in [0.4, 0.5) is 0 Å². The summed E-state index contributed by atoms with van der Waals surface area (Å²) in [7, 11) is 1.91. The van der Waals surface area contributed by atoms with Gasteiger partial charge in [-0.25, -0.2) is 5.01 Å². The van der Waals surface area contributed by atoms with Crippen LogP contribution in [0.2, 0.25) is 5.02 Å². The Morgan fingerprint density at radius 3 is 2.37 bits per heavy atom. The fourth-order valence-electron chi connectivity index (χ4n) is 5.41. The van der Waals surface area contributed by atoms with E-state index < -0.39 is 0 Å². The summed E-state index contributed by atoms with van der Waals surface area (Å²) in [4.78, 5) is 28.7. The van der Waals surface area contributed by atoms with Crippen molar-refractivity contribution in [1.82, 2.24) is 26.0 Å². The maximum Gasteiger partial charge on any atom is 0.251 e. The molecular weight excluding hydrogens is 462 g/mol. The third kappa shape index (κ3) is 8.17. The molecule has 1 saturated carbocycles. The number of amides is 2. The van der Waals surface area contributed by atoms with Crippen molar-refractivity contribution in [1.29, 1.82) is 0 Å². The van der Waals surface area contributed by atoms with Gasteiger partial charge in [0, 0.05) is 48.7 Å². The molecule has 7 nitrogen and oxygen atoms in total. The summed E-state index contributed by atoms with van der Waals surface area (Å²) in [6.07, 6.45) is 7.32. The molecule has 1 unspecified atom stereocenters. The summed E-state index contributed by atoms with van der Waals surface area (Å²) < 4.78 is 0. The highest BCUT2D eigenvalue weighted by Gasteiger charge is 2.37. The van der Waals surface area contributed by atoms with Gasteiger partial charge in [0.15, 0.2) is 0 Å². The van der Waals surface area contributed by atoms with E-state index >= 15 is 0 Å². The van der Waals surface area contributed by atoms with Gasteiger partial charge in [-0.15, -0.1) is 0 Å². The number of benzene rings is 1. The van der Waals surface area contributed by atoms with Crippen molar-refractivity contribution in [2.45, 2.75) is 89.9 Å². The minimum Gasteiger partial charge on any atom is -0.335 e. The number of halogens is 1. The van der Waals surface area contributed by atoms with Gasteiger partial charge in [0.2, 0.25) is 5.91 Å². The zero-order valence-corrected chi connectivity index (χ0v) is 22.6. The van der Waals surface area contributed by atoms with Crippen molar-refractivity contribution in [3.8, 4) is 0 Å². The Bertz CT molecular complexity index is 812. The van der Waals surface area contributed by atoms with Crippen LogP contribution in [0.15, 0.2) is 24.3 Å². The monoisotopic (exact) mass is 505 g/mol. The van der Waals surface area contributed by atoms with E-state index in [4.69, 9.17) is 11.6 Å². The number of hydrogen-bond donors (Lipinski definition) is 3. The van der Waals surface area contributed by atoms with E-state index in [9.17, 15) is 9.59 Å². The summed E-state index contributed by atoms with van der Waals surface area (Å²) in [5.41, 5.74) is 4.22. The zero-order chi connectivity index (χ0) is 25.4. The third-order valence-electron chi connectivity index (χ3n) is 7.21. The van der Waals surface area contributed by atoms with Gasteiger partial charge in [-0.2, -0.15) is 0 Å². The molecule has 3 atom stereocenters. The van der Waals surface area contributed by atoms with Crippen LogP contribution in [0.25, 0.3) is 0 Å². The molecule has 2 aliphatic rings. The van der Waals surface area contributed by atoms with Gasteiger partial charge in [0.05, 0.1) is 6.04 Å². The first-order valence-electron chi connectivity index (χ1n) is 13.3. The summed E-state index contributed by atoms with van der Waals surface area (Å²) >= 11 is 6.05. The Hall–Kier alpha value is -1.67. The van der Waals surface area contributed by atoms with Gasteiger partial charge in [0.1, 0.15) is 0 Å². The Labute approximate surface area is 216 Å². The van der Waals surface area contributed by atoms with Gasteiger partial charge in [-0.3, -0.25) is 15.0 Å². The number of hydrogen-bond acceptors (Lipinski definition) is 5. The SMILES string of the molecule is CNCC(C)N[C@H](Cc1ccc(Cl)cc1)C(=O)NN1CC[C@H](N(C(=O)C(C)C)C2CCCCC2)C1. The highest BCUT2D eigenvalue weighted by Crippen LogP contribution is 2.28. The molecule has 1 heterocycles. The number of carbonyl (C=O) groups is 2. The molecule has 2 amide bonds. The molecule has 8 heteroatoms. The first-order valence-corrected chi connectivity index (χ1v) is 13.7. The average molecular weight is 506 g/mol. The molecule has 35 heavy (non-hydrogen) atoms. The minimum absolute atomic E-state index is 0.0119. The molecule has 2 fully saturated rings. The molecule has 3 N–H and O–H groups in total. The summed E-state index contributed by atoms with van der Waals surface area (Å²) in [5.74, 6) is 0.198. The second-order valence-electron chi connectivity index (χ2n) is 10.6. The second-order valence-corrected chi connectivity index (χ2v) is 11.0. The smallest absolute Gasteiger partial charge is 0.251 e. The third-order valence-corrected chi connectivity index (χ3v) is 7.46. The average Bonchev–Trinajstić information content (AvgIpc) is 3.28. The zero-order valence-electron chi connectivity index (χ0n) is 21.9. The van der Waals surface area contributed by atoms with Crippen LogP contribution in [0.3, 0.4) is 0 Å². The van der Waals surface area contributed by atoms with E-state index in [1.165, 1.54) is 19.3 Å². The fourth-order valence-corrected chi connectivity index (χ4v) is 5.54. The standard InChI is InChI=1S/C27H44ClN5O2/c1-19(2)27(35)33(23-8-6-5-7-9-23)24-14-15-32(18-24)31-26(34)25(30-20(3)17-29-4)16-21-10-12-22(28)13-11-21/h10-13,19-20,23-25,29-30H,5-9,14-18H2,1-4H3,(H,31,34)/t20?,24-,25+/m0/s1. The van der Waals surface area contributed by atoms with Crippen LogP contribution < -0.4 is 16.1 Å². The van der Waals surface area contributed by atoms with Crippen LogP contribution >= 0.6 is 11.6 Å². The molecule has 0 aromatic heterocycles. The summed E-state index contributed by atoms with van der Waals surface area (Å²) in [6, 6.07) is 7.92. The van der Waals surface area contributed by atoms with Crippen LogP contribution in [-0.4, -0.2) is 72.6 Å². The molecule has 1 aliphatic carbocycles. The number of carbonyl (C=O) groups excluding carboxylic acids is 2. The molecule has 1 saturated heterocycles. The van der Waals surface area contributed by atoms with Crippen LogP contribution in [0, 0.1) is 5.92 Å². The molecule has 0 radical (unpaired) electrons. The molecule has 196 valence electrons. The quantitative estimate of drug-likeness (QED) is 0.430. The minimum atomic E-state index is -0.370. The summed E-state index contributed by atoms with van der Waals surface area (Å²) in [5, 5.41) is 9.34. The van der Waals surface area contributed by atoms with Gasteiger partial charge >= 0.3 is 0 Å². The number of hydrazine groups is 1. The Kier molecular flexibility index (Phi) is 10.8. The predicted molar refractivity (Wildman–Crippen MR) is 142 cm³/mol. The molecule has 1 aromatic rings. The lowest BCUT2D eigenvalue weighted by Crippen LogP contribution is -2.55. The lowest BCUT2D eigenvalue weighted by atomic mass is 9.92. The van der Waals surface area contributed by atoms with E-state index in [0.717, 1.165) is 37.9 Å². The van der Waals surface area contributed by atoms with E-state index in [-0.39, 0.29) is 35.9 Å². The predicted octanol–water partition coefficient (Wildman–Crippen LogP) is 3.37. The second kappa shape index (κ2) is 13.6. The Balaban J connectivity index is 1.65. The maximum atomic E-state index is 13.4. The largest absolute Gasteiger partial charge is 0.335 e. The fraction of sp³-hybridized carbons (Fsp3) is 0.704. The lowest BCUT2D eigenvalue weighted by Gasteiger charge is -2.39. The van der Waals surface area contributed by atoms with Crippen molar-refractivity contribution in [3.63, 3.8) is 0 Å². The van der Waals surface area contributed by atoms with E-state index in [0.29, 0.717) is 24.0 Å². The normalized spacial score (nSPS) is 21.1. The number of rotatable bonds is 11. The van der Waals surface area contributed by atoms with E-state index in [2.05, 4.69) is 27.9 Å². The maximum absolute atomic E-state index is 13.4. The number of likely N-dealkylation sites (N-methyl/N-ethyl adjacent to an activating group) is 1. The van der Waals surface area contributed by atoms with Crippen LogP contribution in [-0.2, 0) is 16.0 Å². The summed E-state index contributed by atoms with van der Waals surface area (Å²) in [6.45, 7) is 8.26. The first kappa shape index (κ1) is 27.9.